The summed E-state index contributed by atoms with van der Waals surface area (Å²) < 4.78 is 0. The normalized spacial score (nSPS) is 14.6. The Morgan fingerprint density at radius 2 is 1.79 bits per heavy atom. The van der Waals surface area contributed by atoms with Crippen molar-refractivity contribution in [1.82, 2.24) is 0 Å². The van der Waals surface area contributed by atoms with Gasteiger partial charge in [0.15, 0.2) is 0 Å². The van der Waals surface area contributed by atoms with Crippen LogP contribution >= 0.6 is 0 Å². The van der Waals surface area contributed by atoms with Gasteiger partial charge in [0.25, 0.3) is 0 Å². The molecule has 2 aromatic rings. The van der Waals surface area contributed by atoms with Crippen molar-refractivity contribution >= 4 is 25.7 Å². The summed E-state index contributed by atoms with van der Waals surface area (Å²) >= 11 is 0.788. The minimum atomic E-state index is 0.788. The van der Waals surface area contributed by atoms with Gasteiger partial charge in [-0.1, -0.05) is 0 Å². The van der Waals surface area contributed by atoms with Gasteiger partial charge in [-0.15, -0.1) is 0 Å². The summed E-state index contributed by atoms with van der Waals surface area (Å²) in [5.74, 6) is 0. The number of benzene rings is 2. The molecule has 0 saturated heterocycles. The van der Waals surface area contributed by atoms with E-state index in [0.717, 1.165) is 15.0 Å². The molecule has 0 saturated carbocycles. The molecule has 0 spiro atoms. The fourth-order valence-corrected chi connectivity index (χ4v) is 4.36. The van der Waals surface area contributed by atoms with E-state index in [0.29, 0.717) is 0 Å². The second-order valence-corrected chi connectivity index (χ2v) is 5.94. The molecule has 1 aliphatic heterocycles. The number of rotatable bonds is 0. The molecule has 70 valence electrons. The summed E-state index contributed by atoms with van der Waals surface area (Å²) in [6.45, 7) is 2.21. The van der Waals surface area contributed by atoms with E-state index in [9.17, 15) is 0 Å². The van der Waals surface area contributed by atoms with E-state index in [1.165, 1.54) is 21.6 Å². The van der Waals surface area contributed by atoms with Gasteiger partial charge in [0.05, 0.1) is 0 Å². The Hall–Kier alpha value is -0.781. The standard InChI is InChI=1S/C13H12Se/c1-9-5-6-11-8-14-7-10-3-2-4-12(9)13(10)11/h2-6H,7-8H2,1H3. The predicted molar refractivity (Wildman–Crippen MR) is 61.8 cm³/mol. The number of hydrogen-bond acceptors (Lipinski definition) is 0. The summed E-state index contributed by atoms with van der Waals surface area (Å²) in [6, 6.07) is 11.4. The number of hydrogen-bond donors (Lipinski definition) is 0. The zero-order valence-electron chi connectivity index (χ0n) is 8.21. The first-order valence-corrected chi connectivity index (χ1v) is 7.36. The second kappa shape index (κ2) is 3.12. The molecule has 0 unspecified atom stereocenters. The van der Waals surface area contributed by atoms with Crippen LogP contribution in [0, 0.1) is 6.92 Å². The van der Waals surface area contributed by atoms with Crippen LogP contribution in [0.1, 0.15) is 16.7 Å². The van der Waals surface area contributed by atoms with E-state index in [2.05, 4.69) is 37.3 Å². The maximum absolute atomic E-state index is 2.32. The van der Waals surface area contributed by atoms with E-state index in [-0.39, 0.29) is 0 Å². The van der Waals surface area contributed by atoms with Crippen molar-refractivity contribution in [3.05, 3.63) is 47.0 Å². The topological polar surface area (TPSA) is 0 Å². The average molecular weight is 247 g/mol. The van der Waals surface area contributed by atoms with Crippen molar-refractivity contribution in [1.29, 1.82) is 0 Å². The van der Waals surface area contributed by atoms with Gasteiger partial charge in [0.1, 0.15) is 0 Å². The minimum absolute atomic E-state index is 0.788. The van der Waals surface area contributed by atoms with Crippen LogP contribution in [-0.2, 0) is 10.6 Å². The Morgan fingerprint density at radius 1 is 1.00 bits per heavy atom. The Morgan fingerprint density at radius 3 is 2.64 bits per heavy atom. The van der Waals surface area contributed by atoms with E-state index in [1.807, 2.05) is 0 Å². The molecule has 1 heterocycles. The summed E-state index contributed by atoms with van der Waals surface area (Å²) in [6.07, 6.45) is 0. The molecule has 0 atom stereocenters. The molecule has 0 nitrogen and oxygen atoms in total. The molecule has 0 aliphatic carbocycles. The third kappa shape index (κ3) is 1.13. The van der Waals surface area contributed by atoms with E-state index < -0.39 is 0 Å². The summed E-state index contributed by atoms with van der Waals surface area (Å²) in [4.78, 5) is 0. The van der Waals surface area contributed by atoms with Gasteiger partial charge in [-0.3, -0.25) is 0 Å². The molecule has 1 aliphatic rings. The van der Waals surface area contributed by atoms with Crippen LogP contribution in [0.3, 0.4) is 0 Å². The van der Waals surface area contributed by atoms with Gasteiger partial charge in [-0.25, -0.2) is 0 Å². The zero-order chi connectivity index (χ0) is 9.54. The van der Waals surface area contributed by atoms with Crippen LogP contribution in [-0.4, -0.2) is 15.0 Å². The quantitative estimate of drug-likeness (QED) is 0.628. The molecule has 1 heteroatoms. The Kier molecular flexibility index (Phi) is 1.90. The SMILES string of the molecule is Cc1ccc2c3c(cccc13)C[Se]C2. The van der Waals surface area contributed by atoms with Crippen LogP contribution in [0.5, 0.6) is 0 Å². The molecular weight excluding hydrogens is 235 g/mol. The van der Waals surface area contributed by atoms with Crippen molar-refractivity contribution in [3.63, 3.8) is 0 Å². The van der Waals surface area contributed by atoms with Crippen molar-refractivity contribution in [3.8, 4) is 0 Å². The van der Waals surface area contributed by atoms with E-state index >= 15 is 0 Å². The van der Waals surface area contributed by atoms with Gasteiger partial charge < -0.3 is 0 Å². The Balaban J connectivity index is 2.51. The molecule has 0 radical (unpaired) electrons. The van der Waals surface area contributed by atoms with Crippen molar-refractivity contribution < 1.29 is 0 Å². The summed E-state index contributed by atoms with van der Waals surface area (Å²) in [7, 11) is 0. The molecule has 2 aromatic carbocycles. The number of aryl methyl sites for hydroxylation is 1. The third-order valence-corrected chi connectivity index (χ3v) is 5.11. The summed E-state index contributed by atoms with van der Waals surface area (Å²) in [5, 5.41) is 5.66. The van der Waals surface area contributed by atoms with Crippen molar-refractivity contribution in [2.24, 2.45) is 0 Å². The molecule has 0 aromatic heterocycles. The fraction of sp³-hybridized carbons (Fsp3) is 0.231. The molecule has 0 bridgehead atoms. The molecule has 0 N–H and O–H groups in total. The van der Waals surface area contributed by atoms with Crippen LogP contribution in [0.15, 0.2) is 30.3 Å². The van der Waals surface area contributed by atoms with Gasteiger partial charge in [-0.2, -0.15) is 0 Å². The first-order chi connectivity index (χ1) is 6.86. The average Bonchev–Trinajstić information content (AvgIpc) is 2.24. The monoisotopic (exact) mass is 248 g/mol. The summed E-state index contributed by atoms with van der Waals surface area (Å²) in [5.41, 5.74) is 4.57. The predicted octanol–water partition coefficient (Wildman–Crippen LogP) is 2.87. The molecule has 0 amide bonds. The van der Waals surface area contributed by atoms with Gasteiger partial charge >= 0.3 is 90.3 Å². The molecule has 14 heavy (non-hydrogen) atoms. The molecule has 0 fully saturated rings. The third-order valence-electron chi connectivity index (χ3n) is 2.95. The van der Waals surface area contributed by atoms with Gasteiger partial charge in [0.2, 0.25) is 0 Å². The van der Waals surface area contributed by atoms with Crippen molar-refractivity contribution in [2.75, 3.05) is 0 Å². The van der Waals surface area contributed by atoms with Crippen LogP contribution in [0.4, 0.5) is 0 Å². The first-order valence-electron chi connectivity index (χ1n) is 4.94. The second-order valence-electron chi connectivity index (χ2n) is 3.87. The van der Waals surface area contributed by atoms with Gasteiger partial charge in [-0.05, 0) is 0 Å². The van der Waals surface area contributed by atoms with Crippen molar-refractivity contribution in [2.45, 2.75) is 17.6 Å². The van der Waals surface area contributed by atoms with Crippen LogP contribution in [0.2, 0.25) is 0 Å². The molecular formula is C13H12Se. The Labute approximate surface area is 90.5 Å². The van der Waals surface area contributed by atoms with Crippen LogP contribution < -0.4 is 0 Å². The fourth-order valence-electron chi connectivity index (χ4n) is 2.22. The van der Waals surface area contributed by atoms with Gasteiger partial charge in [0, 0.05) is 0 Å². The van der Waals surface area contributed by atoms with E-state index in [1.54, 1.807) is 16.5 Å². The first kappa shape index (κ1) is 8.52. The molecule has 3 rings (SSSR count). The Bertz CT molecular complexity index is 490. The van der Waals surface area contributed by atoms with Crippen LogP contribution in [0.25, 0.3) is 10.8 Å². The van der Waals surface area contributed by atoms with E-state index in [4.69, 9.17) is 0 Å². The maximum atomic E-state index is 2.32. The zero-order valence-corrected chi connectivity index (χ0v) is 9.92.